The summed E-state index contributed by atoms with van der Waals surface area (Å²) in [5.74, 6) is 1.61. The molecule has 0 aliphatic carbocycles. The fourth-order valence-electron chi connectivity index (χ4n) is 1.52. The van der Waals surface area contributed by atoms with Gasteiger partial charge >= 0.3 is 0 Å². The Hall–Kier alpha value is -1.03. The van der Waals surface area contributed by atoms with Crippen LogP contribution in [0.15, 0.2) is 12.4 Å². The first-order valence-electron chi connectivity index (χ1n) is 5.14. The maximum atomic E-state index is 5.53. The van der Waals surface area contributed by atoms with E-state index in [1.165, 1.54) is 0 Å². The van der Waals surface area contributed by atoms with Crippen LogP contribution in [0.2, 0.25) is 0 Å². The van der Waals surface area contributed by atoms with Crippen LogP contribution in [0.25, 0.3) is 0 Å². The van der Waals surface area contributed by atoms with Crippen molar-refractivity contribution in [2.75, 3.05) is 13.1 Å². The molecule has 1 fully saturated rings. The van der Waals surface area contributed by atoms with Crippen molar-refractivity contribution in [1.29, 1.82) is 0 Å². The van der Waals surface area contributed by atoms with Crippen LogP contribution in [0.3, 0.4) is 0 Å². The summed E-state index contributed by atoms with van der Waals surface area (Å²) in [6.07, 6.45) is 3.97. The summed E-state index contributed by atoms with van der Waals surface area (Å²) < 4.78 is 7.49. The molecule has 0 atom stereocenters. The van der Waals surface area contributed by atoms with Gasteiger partial charge in [-0.2, -0.15) is 5.10 Å². The molecule has 1 saturated heterocycles. The number of aromatic nitrogens is 2. The molecule has 0 radical (unpaired) electrons. The number of hydrogen-bond donors (Lipinski definition) is 1. The van der Waals surface area contributed by atoms with Gasteiger partial charge in [0, 0.05) is 25.6 Å². The molecule has 0 bridgehead atoms. The predicted octanol–water partition coefficient (Wildman–Crippen LogP) is 0.890. The largest absolute Gasteiger partial charge is 0.488 e. The minimum absolute atomic E-state index is 0.220. The Morgan fingerprint density at radius 2 is 2.43 bits per heavy atom. The fourth-order valence-corrected chi connectivity index (χ4v) is 1.52. The van der Waals surface area contributed by atoms with E-state index in [4.69, 9.17) is 4.74 Å². The summed E-state index contributed by atoms with van der Waals surface area (Å²) in [4.78, 5) is 0. The van der Waals surface area contributed by atoms with Gasteiger partial charge in [-0.1, -0.05) is 0 Å². The summed E-state index contributed by atoms with van der Waals surface area (Å²) in [5, 5.41) is 7.50. The Morgan fingerprint density at radius 1 is 1.64 bits per heavy atom. The maximum absolute atomic E-state index is 5.53. The van der Waals surface area contributed by atoms with Crippen LogP contribution >= 0.6 is 0 Å². The Morgan fingerprint density at radius 3 is 3.00 bits per heavy atom. The van der Waals surface area contributed by atoms with Crippen LogP contribution in [0.1, 0.15) is 13.8 Å². The molecule has 0 amide bonds. The molecule has 0 unspecified atom stereocenters. The topological polar surface area (TPSA) is 39.1 Å². The Bertz CT molecular complexity index is 291. The Labute approximate surface area is 84.3 Å². The zero-order valence-corrected chi connectivity index (χ0v) is 8.73. The first-order valence-corrected chi connectivity index (χ1v) is 5.14. The second-order valence-electron chi connectivity index (χ2n) is 4.09. The predicted molar refractivity (Wildman–Crippen MR) is 54.4 cm³/mol. The molecule has 1 aliphatic heterocycles. The zero-order chi connectivity index (χ0) is 9.97. The lowest BCUT2D eigenvalue weighted by Crippen LogP contribution is -2.44. The molecule has 4 heteroatoms. The monoisotopic (exact) mass is 195 g/mol. The van der Waals surface area contributed by atoms with Crippen molar-refractivity contribution in [3.8, 4) is 5.75 Å². The molecular weight excluding hydrogens is 178 g/mol. The first kappa shape index (κ1) is 9.52. The van der Waals surface area contributed by atoms with Gasteiger partial charge in [0.15, 0.2) is 5.75 Å². The van der Waals surface area contributed by atoms with Gasteiger partial charge in [0.05, 0.1) is 18.5 Å². The van der Waals surface area contributed by atoms with E-state index in [-0.39, 0.29) is 6.10 Å². The van der Waals surface area contributed by atoms with Crippen LogP contribution < -0.4 is 10.1 Å². The average Bonchev–Trinajstić information content (AvgIpc) is 2.44. The third kappa shape index (κ3) is 2.26. The molecule has 2 heterocycles. The molecule has 0 saturated carbocycles. The smallest absolute Gasteiger partial charge is 0.157 e. The van der Waals surface area contributed by atoms with Crippen LogP contribution in [0.5, 0.6) is 5.75 Å². The SMILES string of the molecule is CC(C)Oc1cnn(CC2CNC2)c1. The standard InChI is InChI=1S/C10H17N3O/c1-8(2)14-10-5-12-13(7-10)6-9-3-11-4-9/h5,7-9,11H,3-4,6H2,1-2H3. The lowest BCUT2D eigenvalue weighted by molar-refractivity contribution is 0.241. The van der Waals surface area contributed by atoms with E-state index in [9.17, 15) is 0 Å². The van der Waals surface area contributed by atoms with Gasteiger partial charge in [-0.15, -0.1) is 0 Å². The summed E-state index contributed by atoms with van der Waals surface area (Å²) in [7, 11) is 0. The van der Waals surface area contributed by atoms with Crippen LogP contribution in [0, 0.1) is 5.92 Å². The van der Waals surface area contributed by atoms with E-state index >= 15 is 0 Å². The van der Waals surface area contributed by atoms with E-state index < -0.39 is 0 Å². The lowest BCUT2D eigenvalue weighted by atomic mass is 10.0. The highest BCUT2D eigenvalue weighted by atomic mass is 16.5. The van der Waals surface area contributed by atoms with Crippen molar-refractivity contribution in [3.63, 3.8) is 0 Å². The van der Waals surface area contributed by atoms with E-state index in [0.717, 1.165) is 31.3 Å². The number of nitrogens with one attached hydrogen (secondary N) is 1. The number of hydrogen-bond acceptors (Lipinski definition) is 3. The second kappa shape index (κ2) is 4.00. The molecule has 1 aromatic rings. The second-order valence-corrected chi connectivity index (χ2v) is 4.09. The highest BCUT2D eigenvalue weighted by Crippen LogP contribution is 2.13. The van der Waals surface area contributed by atoms with Gasteiger partial charge in [-0.05, 0) is 13.8 Å². The number of rotatable bonds is 4. The molecular formula is C10H17N3O. The summed E-state index contributed by atoms with van der Waals surface area (Å²) in [6, 6.07) is 0. The Balaban J connectivity index is 1.88. The van der Waals surface area contributed by atoms with Gasteiger partial charge in [0.1, 0.15) is 0 Å². The summed E-state index contributed by atoms with van der Waals surface area (Å²) in [5.41, 5.74) is 0. The third-order valence-corrected chi connectivity index (χ3v) is 2.29. The summed E-state index contributed by atoms with van der Waals surface area (Å²) >= 11 is 0. The number of ether oxygens (including phenoxy) is 1. The molecule has 4 nitrogen and oxygen atoms in total. The van der Waals surface area contributed by atoms with Crippen LogP contribution in [0.4, 0.5) is 0 Å². The first-order chi connectivity index (χ1) is 6.74. The van der Waals surface area contributed by atoms with Crippen molar-refractivity contribution in [3.05, 3.63) is 12.4 Å². The molecule has 1 aliphatic rings. The molecule has 1 N–H and O–H groups in total. The molecule has 78 valence electrons. The van der Waals surface area contributed by atoms with Gasteiger partial charge in [-0.3, -0.25) is 4.68 Å². The van der Waals surface area contributed by atoms with Gasteiger partial charge in [0.25, 0.3) is 0 Å². The minimum atomic E-state index is 0.220. The molecule has 14 heavy (non-hydrogen) atoms. The quantitative estimate of drug-likeness (QED) is 0.775. The highest BCUT2D eigenvalue weighted by Gasteiger charge is 2.17. The molecule has 0 aromatic carbocycles. The Kier molecular flexibility index (Phi) is 2.72. The van der Waals surface area contributed by atoms with E-state index in [1.807, 2.05) is 24.7 Å². The van der Waals surface area contributed by atoms with Crippen LogP contribution in [-0.4, -0.2) is 29.0 Å². The third-order valence-electron chi connectivity index (χ3n) is 2.29. The lowest BCUT2D eigenvalue weighted by Gasteiger charge is -2.26. The van der Waals surface area contributed by atoms with Crippen molar-refractivity contribution in [2.45, 2.75) is 26.5 Å². The van der Waals surface area contributed by atoms with E-state index in [2.05, 4.69) is 10.4 Å². The molecule has 1 aromatic heterocycles. The van der Waals surface area contributed by atoms with E-state index in [0.29, 0.717) is 0 Å². The van der Waals surface area contributed by atoms with Crippen molar-refractivity contribution >= 4 is 0 Å². The summed E-state index contributed by atoms with van der Waals surface area (Å²) in [6.45, 7) is 7.26. The average molecular weight is 195 g/mol. The highest BCUT2D eigenvalue weighted by molar-refractivity contribution is 5.12. The van der Waals surface area contributed by atoms with E-state index in [1.54, 1.807) is 6.20 Å². The van der Waals surface area contributed by atoms with Crippen LogP contribution in [-0.2, 0) is 6.54 Å². The van der Waals surface area contributed by atoms with Crippen molar-refractivity contribution in [1.82, 2.24) is 15.1 Å². The van der Waals surface area contributed by atoms with Gasteiger partial charge in [-0.25, -0.2) is 0 Å². The van der Waals surface area contributed by atoms with Gasteiger partial charge < -0.3 is 10.1 Å². The number of nitrogens with zero attached hydrogens (tertiary/aromatic N) is 2. The fraction of sp³-hybridized carbons (Fsp3) is 0.700. The minimum Gasteiger partial charge on any atom is -0.488 e. The van der Waals surface area contributed by atoms with Crippen molar-refractivity contribution in [2.24, 2.45) is 5.92 Å². The van der Waals surface area contributed by atoms with Gasteiger partial charge in [0.2, 0.25) is 0 Å². The molecule has 0 spiro atoms. The molecule has 2 rings (SSSR count). The maximum Gasteiger partial charge on any atom is 0.157 e. The van der Waals surface area contributed by atoms with Crippen molar-refractivity contribution < 1.29 is 4.74 Å². The zero-order valence-electron chi connectivity index (χ0n) is 8.73. The normalized spacial score (nSPS) is 17.1.